The van der Waals surface area contributed by atoms with Gasteiger partial charge in [-0.15, -0.1) is 0 Å². The van der Waals surface area contributed by atoms with Gasteiger partial charge in [0.2, 0.25) is 0 Å². The van der Waals surface area contributed by atoms with Gasteiger partial charge in [-0.1, -0.05) is 44.2 Å². The van der Waals surface area contributed by atoms with Crippen molar-refractivity contribution in [1.82, 2.24) is 9.80 Å². The van der Waals surface area contributed by atoms with Crippen molar-refractivity contribution in [2.75, 3.05) is 39.8 Å². The Balaban J connectivity index is 1.97. The largest absolute Gasteiger partial charge is 0.388 e. The average Bonchev–Trinajstić information content (AvgIpc) is 2.41. The van der Waals surface area contributed by atoms with Gasteiger partial charge in [-0.2, -0.15) is 0 Å². The monoisotopic (exact) mass is 262 g/mol. The fourth-order valence-electron chi connectivity index (χ4n) is 2.76. The molecule has 0 spiro atoms. The number of rotatable bonds is 4. The molecule has 106 valence electrons. The van der Waals surface area contributed by atoms with Crippen molar-refractivity contribution in [2.45, 2.75) is 20.0 Å². The summed E-state index contributed by atoms with van der Waals surface area (Å²) in [5.74, 6) is 0. The first-order valence-corrected chi connectivity index (χ1v) is 7.13. The Kier molecular flexibility index (Phi) is 4.61. The van der Waals surface area contributed by atoms with Gasteiger partial charge >= 0.3 is 0 Å². The van der Waals surface area contributed by atoms with E-state index in [1.165, 1.54) is 0 Å². The minimum absolute atomic E-state index is 0.128. The van der Waals surface area contributed by atoms with Crippen LogP contribution in [-0.2, 0) is 0 Å². The molecule has 0 aromatic heterocycles. The minimum Gasteiger partial charge on any atom is -0.388 e. The first kappa shape index (κ1) is 14.5. The number of piperazine rings is 1. The summed E-state index contributed by atoms with van der Waals surface area (Å²) >= 11 is 0. The molecule has 1 N–H and O–H groups in total. The maximum atomic E-state index is 10.6. The lowest BCUT2D eigenvalue weighted by molar-refractivity contribution is 0.00964. The van der Waals surface area contributed by atoms with Gasteiger partial charge in [-0.25, -0.2) is 0 Å². The second-order valence-electron chi connectivity index (χ2n) is 6.38. The zero-order valence-corrected chi connectivity index (χ0v) is 12.3. The normalized spacial score (nSPS) is 20.4. The number of hydrogen-bond acceptors (Lipinski definition) is 3. The molecule has 3 nitrogen and oxygen atoms in total. The Hall–Kier alpha value is -0.900. The summed E-state index contributed by atoms with van der Waals surface area (Å²) in [5, 5.41) is 10.6. The molecule has 1 unspecified atom stereocenters. The highest BCUT2D eigenvalue weighted by Crippen LogP contribution is 2.34. The van der Waals surface area contributed by atoms with E-state index in [1.54, 1.807) is 0 Å². The standard InChI is InChI=1S/C16H26N2O/c1-16(2,13-18-11-9-17(3)10-12-18)15(19)14-7-5-4-6-8-14/h4-8,15,19H,9-13H2,1-3H3. The van der Waals surface area contributed by atoms with Crippen LogP contribution in [0.3, 0.4) is 0 Å². The van der Waals surface area contributed by atoms with Crippen LogP contribution >= 0.6 is 0 Å². The number of nitrogens with zero attached hydrogens (tertiary/aromatic N) is 2. The quantitative estimate of drug-likeness (QED) is 0.899. The van der Waals surface area contributed by atoms with E-state index in [4.69, 9.17) is 0 Å². The molecule has 3 heteroatoms. The van der Waals surface area contributed by atoms with Crippen molar-refractivity contribution in [3.63, 3.8) is 0 Å². The molecule has 1 fully saturated rings. The molecule has 0 saturated carbocycles. The van der Waals surface area contributed by atoms with E-state index in [2.05, 4.69) is 30.7 Å². The smallest absolute Gasteiger partial charge is 0.0853 e. The highest BCUT2D eigenvalue weighted by atomic mass is 16.3. The Morgan fingerprint density at radius 3 is 2.26 bits per heavy atom. The van der Waals surface area contributed by atoms with E-state index < -0.39 is 6.10 Å². The van der Waals surface area contributed by atoms with Gasteiger partial charge < -0.3 is 14.9 Å². The van der Waals surface area contributed by atoms with E-state index in [-0.39, 0.29) is 5.41 Å². The molecule has 0 radical (unpaired) electrons. The van der Waals surface area contributed by atoms with Crippen LogP contribution in [0.2, 0.25) is 0 Å². The van der Waals surface area contributed by atoms with Gasteiger partial charge in [0.15, 0.2) is 0 Å². The number of hydrogen-bond donors (Lipinski definition) is 1. The molecule has 19 heavy (non-hydrogen) atoms. The summed E-state index contributed by atoms with van der Waals surface area (Å²) in [7, 11) is 2.17. The molecule has 2 rings (SSSR count). The van der Waals surface area contributed by atoms with Crippen molar-refractivity contribution < 1.29 is 5.11 Å². The van der Waals surface area contributed by atoms with Crippen LogP contribution in [0.1, 0.15) is 25.5 Å². The second-order valence-corrected chi connectivity index (χ2v) is 6.38. The molecule has 1 heterocycles. The van der Waals surface area contributed by atoms with E-state index in [0.29, 0.717) is 0 Å². The topological polar surface area (TPSA) is 26.7 Å². The molecule has 1 atom stereocenters. The first-order valence-electron chi connectivity index (χ1n) is 7.13. The first-order chi connectivity index (χ1) is 8.99. The summed E-state index contributed by atoms with van der Waals surface area (Å²) in [6.07, 6.45) is -0.409. The summed E-state index contributed by atoms with van der Waals surface area (Å²) < 4.78 is 0. The molecular weight excluding hydrogens is 236 g/mol. The van der Waals surface area contributed by atoms with Crippen molar-refractivity contribution in [2.24, 2.45) is 5.41 Å². The highest BCUT2D eigenvalue weighted by Gasteiger charge is 2.31. The SMILES string of the molecule is CN1CCN(CC(C)(C)C(O)c2ccccc2)CC1. The summed E-state index contributed by atoms with van der Waals surface area (Å²) in [5.41, 5.74) is 0.888. The molecule has 0 amide bonds. The maximum Gasteiger partial charge on any atom is 0.0853 e. The zero-order chi connectivity index (χ0) is 13.9. The second kappa shape index (κ2) is 6.04. The third-order valence-electron chi connectivity index (χ3n) is 4.08. The van der Waals surface area contributed by atoms with E-state index >= 15 is 0 Å². The van der Waals surface area contributed by atoms with Crippen LogP contribution < -0.4 is 0 Å². The third kappa shape index (κ3) is 3.78. The summed E-state index contributed by atoms with van der Waals surface area (Å²) in [6.45, 7) is 9.70. The van der Waals surface area contributed by atoms with Gasteiger partial charge in [0.05, 0.1) is 6.10 Å². The number of aliphatic hydroxyl groups excluding tert-OH is 1. The van der Waals surface area contributed by atoms with Crippen molar-refractivity contribution in [3.05, 3.63) is 35.9 Å². The van der Waals surface area contributed by atoms with Crippen molar-refractivity contribution in [1.29, 1.82) is 0 Å². The fourth-order valence-corrected chi connectivity index (χ4v) is 2.76. The lowest BCUT2D eigenvalue weighted by Crippen LogP contribution is -2.48. The summed E-state index contributed by atoms with van der Waals surface area (Å²) in [6, 6.07) is 9.99. The van der Waals surface area contributed by atoms with Crippen LogP contribution in [0, 0.1) is 5.41 Å². The van der Waals surface area contributed by atoms with Crippen molar-refractivity contribution in [3.8, 4) is 0 Å². The molecule has 1 aromatic rings. The highest BCUT2D eigenvalue weighted by molar-refractivity contribution is 5.19. The molecule has 1 aliphatic heterocycles. The Morgan fingerprint density at radius 2 is 1.68 bits per heavy atom. The lowest BCUT2D eigenvalue weighted by atomic mass is 9.82. The lowest BCUT2D eigenvalue weighted by Gasteiger charge is -2.40. The van der Waals surface area contributed by atoms with Crippen LogP contribution in [0.15, 0.2) is 30.3 Å². The van der Waals surface area contributed by atoms with Crippen LogP contribution in [-0.4, -0.2) is 54.7 Å². The van der Waals surface area contributed by atoms with Crippen LogP contribution in [0.25, 0.3) is 0 Å². The summed E-state index contributed by atoms with van der Waals surface area (Å²) in [4.78, 5) is 4.82. The predicted octanol–water partition coefficient (Wildman–Crippen LogP) is 1.99. The molecule has 1 saturated heterocycles. The van der Waals surface area contributed by atoms with E-state index in [0.717, 1.165) is 38.3 Å². The average molecular weight is 262 g/mol. The molecule has 0 aliphatic carbocycles. The van der Waals surface area contributed by atoms with Gasteiger partial charge in [0.1, 0.15) is 0 Å². The van der Waals surface area contributed by atoms with E-state index in [9.17, 15) is 5.11 Å². The van der Waals surface area contributed by atoms with Crippen LogP contribution in [0.5, 0.6) is 0 Å². The Labute approximate surface area is 116 Å². The van der Waals surface area contributed by atoms with E-state index in [1.807, 2.05) is 30.3 Å². The maximum absolute atomic E-state index is 10.6. The Bertz CT molecular complexity index is 383. The molecule has 1 aliphatic rings. The van der Waals surface area contributed by atoms with Gasteiger partial charge in [0.25, 0.3) is 0 Å². The number of benzene rings is 1. The van der Waals surface area contributed by atoms with Gasteiger partial charge in [-0.3, -0.25) is 0 Å². The third-order valence-corrected chi connectivity index (χ3v) is 4.08. The number of aliphatic hydroxyl groups is 1. The molecule has 0 bridgehead atoms. The Morgan fingerprint density at radius 1 is 1.11 bits per heavy atom. The van der Waals surface area contributed by atoms with Gasteiger partial charge in [0, 0.05) is 38.1 Å². The van der Waals surface area contributed by atoms with Crippen LogP contribution in [0.4, 0.5) is 0 Å². The molecular formula is C16H26N2O. The fraction of sp³-hybridized carbons (Fsp3) is 0.625. The zero-order valence-electron chi connectivity index (χ0n) is 12.3. The number of likely N-dealkylation sites (N-methyl/N-ethyl adjacent to an activating group) is 1. The predicted molar refractivity (Wildman–Crippen MR) is 79.1 cm³/mol. The van der Waals surface area contributed by atoms with Crippen molar-refractivity contribution >= 4 is 0 Å². The minimum atomic E-state index is -0.409. The molecule has 1 aromatic carbocycles. The van der Waals surface area contributed by atoms with Gasteiger partial charge in [-0.05, 0) is 12.6 Å².